The monoisotopic (exact) mass is 546 g/mol. The average molecular weight is 547 g/mol. The number of hydrogen-bond acceptors (Lipinski definition) is 7. The van der Waals surface area contributed by atoms with Crippen molar-refractivity contribution in [2.24, 2.45) is 0 Å². The van der Waals surface area contributed by atoms with Crippen LogP contribution in [0.4, 0.5) is 11.6 Å². The fourth-order valence-corrected chi connectivity index (χ4v) is 4.70. The van der Waals surface area contributed by atoms with E-state index in [9.17, 15) is 4.79 Å². The zero-order valence-corrected chi connectivity index (χ0v) is 22.0. The number of nitrogens with two attached hydrogens (primary N) is 2. The van der Waals surface area contributed by atoms with Crippen LogP contribution in [0.3, 0.4) is 0 Å². The molecule has 9 nitrogen and oxygen atoms in total. The second-order valence-corrected chi connectivity index (χ2v) is 9.32. The standard InChI is InChI=1S/C26H31ClN6O3.ClH/c27-23-25(29)32-24(28)22(31-23)26(34)30-19-8-7-13-33(18-19,14-16-35-20-9-3-1-4-10-20)15-17-36-21-11-5-2-6-12-21;/h1-6,9-12,19H,7-8,13-18H2,(H4-,28,29,30,32,34);1H/t19-;/m0./s1. The van der Waals surface area contributed by atoms with E-state index in [2.05, 4.69) is 15.3 Å². The first kappa shape index (κ1) is 28.3. The topological polar surface area (TPSA) is 125 Å². The van der Waals surface area contributed by atoms with Crippen LogP contribution < -0.4 is 38.7 Å². The van der Waals surface area contributed by atoms with Gasteiger partial charge in [0.1, 0.15) is 37.8 Å². The van der Waals surface area contributed by atoms with Crippen LogP contribution in [0.1, 0.15) is 23.3 Å². The number of hydrogen-bond donors (Lipinski definition) is 3. The van der Waals surface area contributed by atoms with Crippen molar-refractivity contribution < 1.29 is 31.2 Å². The molecule has 3 aromatic rings. The van der Waals surface area contributed by atoms with Crippen LogP contribution in [0, 0.1) is 0 Å². The van der Waals surface area contributed by atoms with Crippen LogP contribution in [-0.4, -0.2) is 65.8 Å². The van der Waals surface area contributed by atoms with E-state index in [-0.39, 0.29) is 40.9 Å². The number of anilines is 2. The predicted octanol–water partition coefficient (Wildman–Crippen LogP) is 0.165. The van der Waals surface area contributed by atoms with Crippen molar-refractivity contribution in [1.29, 1.82) is 0 Å². The number of nitrogen functional groups attached to an aromatic ring is 2. The van der Waals surface area contributed by atoms with Gasteiger partial charge in [-0.3, -0.25) is 4.79 Å². The molecule has 198 valence electrons. The average Bonchev–Trinajstić information content (AvgIpc) is 2.88. The zero-order chi connectivity index (χ0) is 25.4. The maximum Gasteiger partial charge on any atom is 0.274 e. The van der Waals surface area contributed by atoms with E-state index in [0.717, 1.165) is 55.0 Å². The molecule has 1 fully saturated rings. The van der Waals surface area contributed by atoms with Crippen LogP contribution in [0.2, 0.25) is 5.15 Å². The highest BCUT2D eigenvalue weighted by atomic mass is 35.5. The molecule has 1 aliphatic heterocycles. The zero-order valence-electron chi connectivity index (χ0n) is 20.5. The van der Waals surface area contributed by atoms with Crippen molar-refractivity contribution in [2.75, 3.05) is 50.9 Å². The summed E-state index contributed by atoms with van der Waals surface area (Å²) >= 11 is 5.97. The first-order valence-corrected chi connectivity index (χ1v) is 12.4. The summed E-state index contributed by atoms with van der Waals surface area (Å²) in [5.74, 6) is 1.22. The molecule has 0 spiro atoms. The molecule has 0 unspecified atom stereocenters. The molecule has 1 amide bonds. The number of rotatable bonds is 10. The van der Waals surface area contributed by atoms with Crippen molar-refractivity contribution in [3.8, 4) is 11.5 Å². The van der Waals surface area contributed by atoms with Crippen LogP contribution in [0.25, 0.3) is 0 Å². The Bertz CT molecular complexity index is 1110. The Hall–Kier alpha value is -3.27. The summed E-state index contributed by atoms with van der Waals surface area (Å²) in [7, 11) is 0. The first-order valence-electron chi connectivity index (χ1n) is 12.0. The third kappa shape index (κ3) is 7.85. The molecular weight excluding hydrogens is 515 g/mol. The minimum absolute atomic E-state index is 0. The van der Waals surface area contributed by atoms with Crippen LogP contribution in [-0.2, 0) is 0 Å². The Kier molecular flexibility index (Phi) is 10.2. The summed E-state index contributed by atoms with van der Waals surface area (Å²) in [6.07, 6.45) is 1.80. The summed E-state index contributed by atoms with van der Waals surface area (Å²) in [6, 6.07) is 19.5. The van der Waals surface area contributed by atoms with Gasteiger partial charge in [0.15, 0.2) is 22.5 Å². The SMILES string of the molecule is Nc1nc(N)c(C(=O)N[C@H]2CCC[N+](CCOc3ccccc3)(CCOc3ccccc3)C2)nc1Cl.[Cl-]. The van der Waals surface area contributed by atoms with Gasteiger partial charge in [-0.05, 0) is 37.1 Å². The molecule has 1 saturated heterocycles. The number of nitrogens with one attached hydrogen (secondary N) is 1. The Morgan fingerprint density at radius 2 is 1.51 bits per heavy atom. The molecule has 2 aromatic carbocycles. The van der Waals surface area contributed by atoms with E-state index in [1.807, 2.05) is 60.7 Å². The molecule has 1 aromatic heterocycles. The molecule has 2 heterocycles. The highest BCUT2D eigenvalue weighted by Gasteiger charge is 2.36. The number of likely N-dealkylation sites (tertiary alicyclic amines) is 1. The lowest BCUT2D eigenvalue weighted by molar-refractivity contribution is -0.933. The lowest BCUT2D eigenvalue weighted by Crippen LogP contribution is -3.00. The molecule has 1 atom stereocenters. The van der Waals surface area contributed by atoms with E-state index in [1.165, 1.54) is 0 Å². The van der Waals surface area contributed by atoms with E-state index >= 15 is 0 Å². The number of amides is 1. The lowest BCUT2D eigenvalue weighted by Gasteiger charge is -2.44. The van der Waals surface area contributed by atoms with Crippen molar-refractivity contribution in [1.82, 2.24) is 15.3 Å². The number of carbonyl (C=O) groups is 1. The molecule has 0 bridgehead atoms. The highest BCUT2D eigenvalue weighted by molar-refractivity contribution is 6.31. The van der Waals surface area contributed by atoms with Gasteiger partial charge in [-0.15, -0.1) is 0 Å². The van der Waals surface area contributed by atoms with Crippen molar-refractivity contribution >= 4 is 29.1 Å². The molecule has 4 rings (SSSR count). The maximum absolute atomic E-state index is 13.0. The molecule has 11 heteroatoms. The number of carbonyl (C=O) groups excluding carboxylic acids is 1. The van der Waals surface area contributed by atoms with Crippen molar-refractivity contribution in [2.45, 2.75) is 18.9 Å². The summed E-state index contributed by atoms with van der Waals surface area (Å²) < 4.78 is 12.8. The normalized spacial score (nSPS) is 16.3. The van der Waals surface area contributed by atoms with E-state index in [4.69, 9.17) is 32.5 Å². The Morgan fingerprint density at radius 3 is 2.08 bits per heavy atom. The molecule has 0 saturated carbocycles. The van der Waals surface area contributed by atoms with Gasteiger partial charge < -0.3 is 43.1 Å². The van der Waals surface area contributed by atoms with Gasteiger partial charge in [-0.1, -0.05) is 48.0 Å². The third-order valence-electron chi connectivity index (χ3n) is 6.40. The van der Waals surface area contributed by atoms with Gasteiger partial charge in [0.2, 0.25) is 0 Å². The van der Waals surface area contributed by atoms with Crippen molar-refractivity contribution in [3.63, 3.8) is 0 Å². The van der Waals surface area contributed by atoms with Gasteiger partial charge in [-0.25, -0.2) is 9.97 Å². The molecule has 5 N–H and O–H groups in total. The molecule has 0 radical (unpaired) electrons. The number of ether oxygens (including phenoxy) is 2. The van der Waals surface area contributed by atoms with E-state index in [0.29, 0.717) is 13.2 Å². The van der Waals surface area contributed by atoms with Gasteiger partial charge in [0.05, 0.1) is 19.1 Å². The van der Waals surface area contributed by atoms with Gasteiger partial charge in [-0.2, -0.15) is 0 Å². The number of nitrogens with zero attached hydrogens (tertiary/aromatic N) is 3. The van der Waals surface area contributed by atoms with E-state index < -0.39 is 5.91 Å². The Balaban J connectivity index is 0.00000380. The maximum atomic E-state index is 13.0. The number of para-hydroxylation sites is 2. The quantitative estimate of drug-likeness (QED) is 0.309. The molecule has 0 aliphatic carbocycles. The number of piperidine rings is 1. The molecular formula is C26H32Cl2N6O3. The Labute approximate surface area is 228 Å². The smallest absolute Gasteiger partial charge is 0.274 e. The second kappa shape index (κ2) is 13.3. The largest absolute Gasteiger partial charge is 1.00 e. The summed E-state index contributed by atoms with van der Waals surface area (Å²) in [5.41, 5.74) is 11.5. The third-order valence-corrected chi connectivity index (χ3v) is 6.68. The minimum Gasteiger partial charge on any atom is -1.00 e. The molecule has 1 aliphatic rings. The van der Waals surface area contributed by atoms with Crippen LogP contribution >= 0.6 is 11.6 Å². The summed E-state index contributed by atoms with van der Waals surface area (Å²) in [5, 5.41) is 3.03. The van der Waals surface area contributed by atoms with E-state index in [1.54, 1.807) is 0 Å². The van der Waals surface area contributed by atoms with Gasteiger partial charge in [0.25, 0.3) is 5.91 Å². The van der Waals surface area contributed by atoms with Gasteiger partial charge >= 0.3 is 0 Å². The number of benzene rings is 2. The predicted molar refractivity (Wildman–Crippen MR) is 140 cm³/mol. The Morgan fingerprint density at radius 1 is 0.946 bits per heavy atom. The number of halogens is 2. The number of aromatic nitrogens is 2. The van der Waals surface area contributed by atoms with Crippen LogP contribution in [0.5, 0.6) is 11.5 Å². The fraction of sp³-hybridized carbons (Fsp3) is 0.346. The first-order chi connectivity index (χ1) is 17.4. The minimum atomic E-state index is -0.409. The summed E-state index contributed by atoms with van der Waals surface area (Å²) in [6.45, 7) is 4.39. The lowest BCUT2D eigenvalue weighted by atomic mass is 10.0. The summed E-state index contributed by atoms with van der Waals surface area (Å²) in [4.78, 5) is 20.9. The fourth-order valence-electron chi connectivity index (χ4n) is 4.57. The highest BCUT2D eigenvalue weighted by Crippen LogP contribution is 2.22. The molecule has 37 heavy (non-hydrogen) atoms. The van der Waals surface area contributed by atoms with Gasteiger partial charge in [0, 0.05) is 0 Å². The second-order valence-electron chi connectivity index (χ2n) is 8.96. The van der Waals surface area contributed by atoms with Crippen LogP contribution in [0.15, 0.2) is 60.7 Å². The van der Waals surface area contributed by atoms with Crippen molar-refractivity contribution in [3.05, 3.63) is 71.5 Å². The number of quaternary nitrogens is 1.